The second kappa shape index (κ2) is 6.72. The van der Waals surface area contributed by atoms with Gasteiger partial charge in [0.1, 0.15) is 17.0 Å². The first-order chi connectivity index (χ1) is 13.0. The van der Waals surface area contributed by atoms with Crippen LogP contribution in [-0.4, -0.2) is 15.9 Å². The summed E-state index contributed by atoms with van der Waals surface area (Å²) >= 11 is 0. The number of carbonyl (C=O) groups excluding carboxylic acids is 1. The van der Waals surface area contributed by atoms with Crippen molar-refractivity contribution in [2.75, 3.05) is 0 Å². The van der Waals surface area contributed by atoms with Crippen LogP contribution in [0, 0.1) is 5.92 Å². The molecule has 4 rings (SSSR count). The fourth-order valence-electron chi connectivity index (χ4n) is 3.11. The fourth-order valence-corrected chi connectivity index (χ4v) is 3.11. The van der Waals surface area contributed by atoms with Gasteiger partial charge in [0.15, 0.2) is 0 Å². The van der Waals surface area contributed by atoms with Crippen molar-refractivity contribution in [2.45, 2.75) is 19.9 Å². The van der Waals surface area contributed by atoms with Gasteiger partial charge < -0.3 is 14.7 Å². The number of H-pyrrole nitrogens is 1. The lowest BCUT2D eigenvalue weighted by Gasteiger charge is -2.20. The number of imidazole rings is 1. The minimum Gasteiger partial charge on any atom is -0.422 e. The summed E-state index contributed by atoms with van der Waals surface area (Å²) in [6.07, 6.45) is 0. The molecule has 0 aliphatic heterocycles. The van der Waals surface area contributed by atoms with E-state index >= 15 is 0 Å². The molecule has 0 fully saturated rings. The maximum atomic E-state index is 12.8. The number of benzene rings is 2. The topological polar surface area (TPSA) is 88.0 Å². The van der Waals surface area contributed by atoms with Crippen molar-refractivity contribution in [3.05, 3.63) is 76.4 Å². The number of fused-ring (bicyclic) bond motifs is 2. The van der Waals surface area contributed by atoms with Crippen molar-refractivity contribution >= 4 is 27.9 Å². The van der Waals surface area contributed by atoms with E-state index in [1.165, 1.54) is 0 Å². The highest BCUT2D eigenvalue weighted by molar-refractivity contribution is 5.96. The Kier molecular flexibility index (Phi) is 4.24. The van der Waals surface area contributed by atoms with Gasteiger partial charge >= 0.3 is 5.63 Å². The van der Waals surface area contributed by atoms with Crippen molar-refractivity contribution < 1.29 is 9.21 Å². The molecule has 1 atom stereocenters. The zero-order valence-electron chi connectivity index (χ0n) is 15.0. The zero-order valence-corrected chi connectivity index (χ0v) is 15.0. The van der Waals surface area contributed by atoms with E-state index < -0.39 is 11.5 Å². The van der Waals surface area contributed by atoms with Gasteiger partial charge in [-0.05, 0) is 30.2 Å². The minimum absolute atomic E-state index is 0.0181. The molecule has 0 aliphatic rings. The summed E-state index contributed by atoms with van der Waals surface area (Å²) in [5, 5.41) is 3.62. The summed E-state index contributed by atoms with van der Waals surface area (Å²) in [5.41, 5.74) is 1.51. The van der Waals surface area contributed by atoms with E-state index in [9.17, 15) is 9.59 Å². The lowest BCUT2D eigenvalue weighted by molar-refractivity contribution is 0.0920. The first kappa shape index (κ1) is 17.0. The largest absolute Gasteiger partial charge is 0.422 e. The van der Waals surface area contributed by atoms with E-state index in [4.69, 9.17) is 4.42 Å². The van der Waals surface area contributed by atoms with Crippen LogP contribution in [0.4, 0.5) is 0 Å². The Hall–Kier alpha value is -3.41. The summed E-state index contributed by atoms with van der Waals surface area (Å²) in [5.74, 6) is 0.250. The molecule has 4 aromatic rings. The highest BCUT2D eigenvalue weighted by Crippen LogP contribution is 2.23. The zero-order chi connectivity index (χ0) is 19.0. The summed E-state index contributed by atoms with van der Waals surface area (Å²) in [7, 11) is 0. The molecule has 27 heavy (non-hydrogen) atoms. The van der Waals surface area contributed by atoms with Crippen molar-refractivity contribution in [3.63, 3.8) is 0 Å². The van der Waals surface area contributed by atoms with Crippen LogP contribution in [-0.2, 0) is 0 Å². The van der Waals surface area contributed by atoms with Gasteiger partial charge in [-0.1, -0.05) is 44.2 Å². The van der Waals surface area contributed by atoms with Gasteiger partial charge in [0.2, 0.25) is 0 Å². The smallest absolute Gasteiger partial charge is 0.349 e. The molecule has 2 aromatic heterocycles. The summed E-state index contributed by atoms with van der Waals surface area (Å²) in [6.45, 7) is 3.97. The van der Waals surface area contributed by atoms with Crippen LogP contribution in [0.15, 0.2) is 63.8 Å². The Morgan fingerprint density at radius 3 is 2.63 bits per heavy atom. The number of nitrogens with one attached hydrogen (secondary N) is 2. The highest BCUT2D eigenvalue weighted by atomic mass is 16.4. The van der Waals surface area contributed by atoms with Crippen LogP contribution >= 0.6 is 0 Å². The number of nitrogens with zero attached hydrogens (tertiary/aromatic N) is 1. The molecule has 0 spiro atoms. The second-order valence-corrected chi connectivity index (χ2v) is 6.82. The normalized spacial score (nSPS) is 12.6. The molecule has 2 N–H and O–H groups in total. The van der Waals surface area contributed by atoms with Crippen molar-refractivity contribution in [3.8, 4) is 0 Å². The average Bonchev–Trinajstić information content (AvgIpc) is 3.08. The predicted molar refractivity (Wildman–Crippen MR) is 104 cm³/mol. The maximum Gasteiger partial charge on any atom is 0.349 e. The molecule has 136 valence electrons. The molecular formula is C21H19N3O3. The van der Waals surface area contributed by atoms with E-state index in [1.807, 2.05) is 44.2 Å². The lowest BCUT2D eigenvalue weighted by Crippen LogP contribution is -2.35. The number of rotatable bonds is 4. The Bertz CT molecular complexity index is 1160. The predicted octanol–water partition coefficient (Wildman–Crippen LogP) is 3.80. The molecule has 1 unspecified atom stereocenters. The van der Waals surface area contributed by atoms with E-state index in [-0.39, 0.29) is 17.5 Å². The van der Waals surface area contributed by atoms with Gasteiger partial charge in [-0.2, -0.15) is 0 Å². The van der Waals surface area contributed by atoms with Crippen LogP contribution in [0.3, 0.4) is 0 Å². The molecule has 2 aromatic carbocycles. The molecule has 0 saturated heterocycles. The number of para-hydroxylation sites is 3. The highest BCUT2D eigenvalue weighted by Gasteiger charge is 2.24. The van der Waals surface area contributed by atoms with Crippen LogP contribution in [0.1, 0.15) is 36.1 Å². The number of hydrogen-bond donors (Lipinski definition) is 2. The number of aromatic amines is 1. The van der Waals surface area contributed by atoms with Crippen molar-refractivity contribution in [2.24, 2.45) is 5.92 Å². The Balaban J connectivity index is 1.68. The molecule has 0 saturated carbocycles. The molecule has 1 amide bonds. The third-order valence-electron chi connectivity index (χ3n) is 4.54. The van der Waals surface area contributed by atoms with Crippen LogP contribution < -0.4 is 10.9 Å². The first-order valence-electron chi connectivity index (χ1n) is 8.81. The standard InChI is InChI=1S/C21H19N3O3/c1-12(2)18(19-22-15-8-4-5-9-16(15)23-19)24-20(25)14-11-13-7-3-6-10-17(13)27-21(14)26/h3-12,18H,1-2H3,(H,22,23)(H,24,25). The summed E-state index contributed by atoms with van der Waals surface area (Å²) < 4.78 is 5.27. The van der Waals surface area contributed by atoms with E-state index in [2.05, 4.69) is 15.3 Å². The van der Waals surface area contributed by atoms with Crippen molar-refractivity contribution in [1.82, 2.24) is 15.3 Å². The van der Waals surface area contributed by atoms with Gasteiger partial charge in [-0.3, -0.25) is 4.79 Å². The van der Waals surface area contributed by atoms with E-state index in [1.54, 1.807) is 24.3 Å². The second-order valence-electron chi connectivity index (χ2n) is 6.82. The average molecular weight is 361 g/mol. The van der Waals surface area contributed by atoms with Gasteiger partial charge in [-0.15, -0.1) is 0 Å². The first-order valence-corrected chi connectivity index (χ1v) is 8.81. The quantitative estimate of drug-likeness (QED) is 0.541. The minimum atomic E-state index is -0.654. The molecule has 0 aliphatic carbocycles. The maximum absolute atomic E-state index is 12.8. The van der Waals surface area contributed by atoms with Gasteiger partial charge in [-0.25, -0.2) is 9.78 Å². The fraction of sp³-hybridized carbons (Fsp3) is 0.190. The SMILES string of the molecule is CC(C)C(NC(=O)c1cc2ccccc2oc1=O)c1nc2ccccc2[nH]1. The summed E-state index contributed by atoms with van der Waals surface area (Å²) in [6, 6.07) is 16.0. The lowest BCUT2D eigenvalue weighted by atomic mass is 10.0. The van der Waals surface area contributed by atoms with Gasteiger partial charge in [0, 0.05) is 5.39 Å². The summed E-state index contributed by atoms with van der Waals surface area (Å²) in [4.78, 5) is 32.9. The third-order valence-corrected chi connectivity index (χ3v) is 4.54. The van der Waals surface area contributed by atoms with Crippen molar-refractivity contribution in [1.29, 1.82) is 0 Å². The molecule has 0 bridgehead atoms. The number of aromatic nitrogens is 2. The third kappa shape index (κ3) is 3.21. The van der Waals surface area contributed by atoms with Crippen LogP contribution in [0.5, 0.6) is 0 Å². The van der Waals surface area contributed by atoms with Crippen LogP contribution in [0.2, 0.25) is 0 Å². The number of amides is 1. The Morgan fingerprint density at radius 2 is 1.85 bits per heavy atom. The van der Waals surface area contributed by atoms with E-state index in [0.717, 1.165) is 11.0 Å². The molecular weight excluding hydrogens is 342 g/mol. The van der Waals surface area contributed by atoms with Gasteiger partial charge in [0.05, 0.1) is 17.1 Å². The Labute approximate surface area is 155 Å². The van der Waals surface area contributed by atoms with Crippen LogP contribution in [0.25, 0.3) is 22.0 Å². The molecule has 6 heteroatoms. The number of hydrogen-bond acceptors (Lipinski definition) is 4. The number of carbonyl (C=O) groups is 1. The monoisotopic (exact) mass is 361 g/mol. The molecule has 6 nitrogen and oxygen atoms in total. The van der Waals surface area contributed by atoms with Gasteiger partial charge in [0.25, 0.3) is 5.91 Å². The molecule has 0 radical (unpaired) electrons. The Morgan fingerprint density at radius 1 is 1.11 bits per heavy atom. The van der Waals surface area contributed by atoms with E-state index in [0.29, 0.717) is 16.8 Å². The molecule has 2 heterocycles.